The molecule has 0 bridgehead atoms. The van der Waals surface area contributed by atoms with Crippen LogP contribution < -0.4 is 5.32 Å². The van der Waals surface area contributed by atoms with Gasteiger partial charge in [-0.2, -0.15) is 0 Å². The molecule has 27 heavy (non-hydrogen) atoms. The van der Waals surface area contributed by atoms with Crippen molar-refractivity contribution in [1.82, 2.24) is 15.1 Å². The number of nitrogens with one attached hydrogen (secondary N) is 1. The van der Waals surface area contributed by atoms with E-state index in [1.165, 1.54) is 19.3 Å². The number of carboxylic acid groups (broad SMARTS) is 1. The number of amides is 2. The van der Waals surface area contributed by atoms with Gasteiger partial charge in [0, 0.05) is 25.7 Å². The molecule has 1 saturated heterocycles. The molecule has 1 aliphatic carbocycles. The fraction of sp³-hybridized carbons (Fsp3) is 0.905. The molecular formula is C21H39N3O3. The van der Waals surface area contributed by atoms with Crippen molar-refractivity contribution < 1.29 is 14.7 Å². The Morgan fingerprint density at radius 1 is 1.22 bits per heavy atom. The molecule has 6 heteroatoms. The minimum absolute atomic E-state index is 0.0397. The maximum Gasteiger partial charge on any atom is 0.317 e. The van der Waals surface area contributed by atoms with Gasteiger partial charge in [0.15, 0.2) is 0 Å². The Morgan fingerprint density at radius 3 is 2.44 bits per heavy atom. The van der Waals surface area contributed by atoms with Crippen LogP contribution in [0, 0.1) is 17.3 Å². The molecule has 0 spiro atoms. The first-order valence-electron chi connectivity index (χ1n) is 10.7. The first-order chi connectivity index (χ1) is 12.7. The SMILES string of the molecule is CCN(CC(=O)O)C1CCN(C(=O)NCCC2CC(C)CC(C)(C)C2)CC1. The van der Waals surface area contributed by atoms with Gasteiger partial charge in [0.1, 0.15) is 0 Å². The van der Waals surface area contributed by atoms with Crippen LogP contribution in [0.4, 0.5) is 4.79 Å². The molecule has 0 aromatic heterocycles. The van der Waals surface area contributed by atoms with Crippen LogP contribution in [-0.2, 0) is 4.79 Å². The van der Waals surface area contributed by atoms with Gasteiger partial charge in [0.05, 0.1) is 6.54 Å². The highest BCUT2D eigenvalue weighted by molar-refractivity contribution is 5.74. The third kappa shape index (κ3) is 6.98. The minimum atomic E-state index is -0.780. The summed E-state index contributed by atoms with van der Waals surface area (Å²) in [4.78, 5) is 27.3. The van der Waals surface area contributed by atoms with Crippen molar-refractivity contribution in [3.8, 4) is 0 Å². The number of likely N-dealkylation sites (N-methyl/N-ethyl adjacent to an activating group) is 1. The second-order valence-corrected chi connectivity index (χ2v) is 9.48. The Labute approximate surface area is 164 Å². The smallest absolute Gasteiger partial charge is 0.317 e. The summed E-state index contributed by atoms with van der Waals surface area (Å²) in [6.45, 7) is 12.1. The van der Waals surface area contributed by atoms with Crippen molar-refractivity contribution in [2.45, 2.75) is 72.3 Å². The molecule has 2 unspecified atom stereocenters. The third-order valence-electron chi connectivity index (χ3n) is 6.32. The van der Waals surface area contributed by atoms with E-state index in [-0.39, 0.29) is 18.6 Å². The van der Waals surface area contributed by atoms with Crippen molar-refractivity contribution in [3.63, 3.8) is 0 Å². The van der Waals surface area contributed by atoms with Crippen molar-refractivity contribution in [1.29, 1.82) is 0 Å². The molecule has 2 aliphatic rings. The van der Waals surface area contributed by atoms with E-state index in [0.29, 0.717) is 24.4 Å². The predicted molar refractivity (Wildman–Crippen MR) is 108 cm³/mol. The largest absolute Gasteiger partial charge is 0.480 e. The van der Waals surface area contributed by atoms with Crippen LogP contribution in [0.5, 0.6) is 0 Å². The lowest BCUT2D eigenvalue weighted by atomic mass is 9.67. The van der Waals surface area contributed by atoms with E-state index in [1.807, 2.05) is 16.7 Å². The van der Waals surface area contributed by atoms with Gasteiger partial charge in [-0.1, -0.05) is 27.7 Å². The highest BCUT2D eigenvalue weighted by atomic mass is 16.4. The number of likely N-dealkylation sites (tertiary alicyclic amines) is 1. The first kappa shape index (κ1) is 22.0. The molecule has 2 N–H and O–H groups in total. The maximum atomic E-state index is 12.5. The zero-order valence-electron chi connectivity index (χ0n) is 17.7. The van der Waals surface area contributed by atoms with Crippen molar-refractivity contribution in [2.24, 2.45) is 17.3 Å². The summed E-state index contributed by atoms with van der Waals surface area (Å²) in [7, 11) is 0. The second-order valence-electron chi connectivity index (χ2n) is 9.48. The van der Waals surface area contributed by atoms with E-state index in [0.717, 1.165) is 38.3 Å². The van der Waals surface area contributed by atoms with Gasteiger partial charge in [-0.05, 0) is 62.3 Å². The van der Waals surface area contributed by atoms with Crippen molar-refractivity contribution in [2.75, 3.05) is 32.7 Å². The number of carboxylic acids is 1. The molecule has 2 atom stereocenters. The first-order valence-corrected chi connectivity index (χ1v) is 10.7. The molecule has 1 saturated carbocycles. The van der Waals surface area contributed by atoms with Gasteiger partial charge in [-0.3, -0.25) is 9.69 Å². The molecule has 1 heterocycles. The Kier molecular flexibility index (Phi) is 7.95. The summed E-state index contributed by atoms with van der Waals surface area (Å²) < 4.78 is 0. The number of hydrogen-bond donors (Lipinski definition) is 2. The van der Waals surface area contributed by atoms with Gasteiger partial charge >= 0.3 is 12.0 Å². The molecule has 2 fully saturated rings. The molecule has 6 nitrogen and oxygen atoms in total. The van der Waals surface area contributed by atoms with Crippen molar-refractivity contribution >= 4 is 12.0 Å². The van der Waals surface area contributed by atoms with Crippen LogP contribution in [0.25, 0.3) is 0 Å². The standard InChI is InChI=1S/C21H39N3O3/c1-5-23(15-19(25)26)18-7-10-24(11-8-18)20(27)22-9-6-17-12-16(2)13-21(3,4)14-17/h16-18H,5-15H2,1-4H3,(H,22,27)(H,25,26). The number of hydrogen-bond acceptors (Lipinski definition) is 3. The highest BCUT2D eigenvalue weighted by Gasteiger charge is 2.32. The normalized spacial score (nSPS) is 26.2. The van der Waals surface area contributed by atoms with E-state index in [1.54, 1.807) is 0 Å². The lowest BCUT2D eigenvalue weighted by molar-refractivity contribution is -0.139. The summed E-state index contributed by atoms with van der Waals surface area (Å²) >= 11 is 0. The molecule has 156 valence electrons. The Hall–Kier alpha value is -1.30. The average Bonchev–Trinajstić information content (AvgIpc) is 2.58. The topological polar surface area (TPSA) is 72.9 Å². The minimum Gasteiger partial charge on any atom is -0.480 e. The number of urea groups is 1. The molecule has 1 aliphatic heterocycles. The maximum absolute atomic E-state index is 12.5. The molecular weight excluding hydrogens is 342 g/mol. The van der Waals surface area contributed by atoms with E-state index in [9.17, 15) is 9.59 Å². The van der Waals surface area contributed by atoms with Gasteiger partial charge in [0.25, 0.3) is 0 Å². The monoisotopic (exact) mass is 381 g/mol. The molecule has 2 rings (SSSR count). The van der Waals surface area contributed by atoms with Crippen LogP contribution in [0.3, 0.4) is 0 Å². The van der Waals surface area contributed by atoms with Crippen LogP contribution in [0.2, 0.25) is 0 Å². The third-order valence-corrected chi connectivity index (χ3v) is 6.32. The van der Waals surface area contributed by atoms with E-state index < -0.39 is 5.97 Å². The lowest BCUT2D eigenvalue weighted by Gasteiger charge is -2.39. The van der Waals surface area contributed by atoms with Crippen LogP contribution in [0.15, 0.2) is 0 Å². The summed E-state index contributed by atoms with van der Waals surface area (Å²) in [6.07, 6.45) is 6.61. The van der Waals surface area contributed by atoms with Gasteiger partial charge in [0.2, 0.25) is 0 Å². The molecule has 0 radical (unpaired) electrons. The Balaban J connectivity index is 1.69. The van der Waals surface area contributed by atoms with Gasteiger partial charge in [-0.25, -0.2) is 4.79 Å². The molecule has 2 amide bonds. The number of carbonyl (C=O) groups excluding carboxylic acids is 1. The summed E-state index contributed by atoms with van der Waals surface area (Å²) in [5.41, 5.74) is 0.426. The Morgan fingerprint density at radius 2 is 1.89 bits per heavy atom. The fourth-order valence-electron chi connectivity index (χ4n) is 5.37. The molecule has 0 aromatic carbocycles. The summed E-state index contributed by atoms with van der Waals surface area (Å²) in [6, 6.07) is 0.305. The summed E-state index contributed by atoms with van der Waals surface area (Å²) in [5, 5.41) is 12.1. The average molecular weight is 382 g/mol. The fourth-order valence-corrected chi connectivity index (χ4v) is 5.37. The van der Waals surface area contributed by atoms with Crippen LogP contribution in [-0.4, -0.2) is 65.7 Å². The van der Waals surface area contributed by atoms with E-state index in [4.69, 9.17) is 5.11 Å². The van der Waals surface area contributed by atoms with Crippen molar-refractivity contribution in [3.05, 3.63) is 0 Å². The van der Waals surface area contributed by atoms with E-state index >= 15 is 0 Å². The van der Waals surface area contributed by atoms with Crippen LogP contribution in [0.1, 0.15) is 66.2 Å². The highest BCUT2D eigenvalue weighted by Crippen LogP contribution is 2.42. The zero-order valence-corrected chi connectivity index (χ0v) is 17.7. The molecule has 0 aromatic rings. The predicted octanol–water partition coefficient (Wildman–Crippen LogP) is 3.42. The number of rotatable bonds is 7. The van der Waals surface area contributed by atoms with Gasteiger partial charge in [-0.15, -0.1) is 0 Å². The number of piperidine rings is 1. The summed E-state index contributed by atoms with van der Waals surface area (Å²) in [5.74, 6) is 0.710. The zero-order chi connectivity index (χ0) is 20.0. The van der Waals surface area contributed by atoms with Crippen LogP contribution >= 0.6 is 0 Å². The second kappa shape index (κ2) is 9.76. The number of aliphatic carboxylic acids is 1. The quantitative estimate of drug-likeness (QED) is 0.709. The lowest BCUT2D eigenvalue weighted by Crippen LogP contribution is -2.50. The Bertz CT molecular complexity index is 501. The van der Waals surface area contributed by atoms with Gasteiger partial charge < -0.3 is 15.3 Å². The number of nitrogens with zero attached hydrogens (tertiary/aromatic N) is 2. The van der Waals surface area contributed by atoms with E-state index in [2.05, 4.69) is 26.1 Å². The number of carbonyl (C=O) groups is 2.